The lowest BCUT2D eigenvalue weighted by atomic mass is 10.2. The molecule has 6 heteroatoms. The first-order chi connectivity index (χ1) is 13.1. The van der Waals surface area contributed by atoms with E-state index in [-0.39, 0.29) is 12.5 Å². The average molecular weight is 369 g/mol. The fourth-order valence-corrected chi connectivity index (χ4v) is 3.27. The SMILES string of the molecule is COc1ccc(OC)c(NCC(=O)N2CCN(c3cccc(C)c3)CC2)c1. The third-order valence-corrected chi connectivity index (χ3v) is 4.84. The van der Waals surface area contributed by atoms with E-state index in [0.717, 1.165) is 37.6 Å². The van der Waals surface area contributed by atoms with Crippen LogP contribution >= 0.6 is 0 Å². The molecule has 1 aliphatic heterocycles. The minimum atomic E-state index is 0.0868. The molecule has 0 aromatic heterocycles. The standard InChI is InChI=1S/C21H27N3O3/c1-16-5-4-6-17(13-16)23-9-11-24(12-10-23)21(25)15-22-19-14-18(26-2)7-8-20(19)27-3/h4-8,13-14,22H,9-12,15H2,1-3H3. The number of carbonyl (C=O) groups excluding carboxylic acids is 1. The highest BCUT2D eigenvalue weighted by atomic mass is 16.5. The van der Waals surface area contributed by atoms with Gasteiger partial charge in [-0.1, -0.05) is 12.1 Å². The Balaban J connectivity index is 1.54. The molecular formula is C21H27N3O3. The van der Waals surface area contributed by atoms with Crippen LogP contribution in [0.15, 0.2) is 42.5 Å². The van der Waals surface area contributed by atoms with Crippen molar-refractivity contribution < 1.29 is 14.3 Å². The van der Waals surface area contributed by atoms with Crippen LogP contribution in [-0.2, 0) is 4.79 Å². The van der Waals surface area contributed by atoms with Crippen LogP contribution < -0.4 is 19.7 Å². The zero-order valence-electron chi connectivity index (χ0n) is 16.2. The summed E-state index contributed by atoms with van der Waals surface area (Å²) in [5.74, 6) is 1.49. The lowest BCUT2D eigenvalue weighted by Gasteiger charge is -2.36. The molecule has 2 aromatic rings. The minimum absolute atomic E-state index is 0.0868. The van der Waals surface area contributed by atoms with Crippen LogP contribution in [0.5, 0.6) is 11.5 Å². The van der Waals surface area contributed by atoms with Crippen molar-refractivity contribution in [3.8, 4) is 11.5 Å². The highest BCUT2D eigenvalue weighted by Crippen LogP contribution is 2.28. The number of nitrogens with zero attached hydrogens (tertiary/aromatic N) is 2. The second-order valence-corrected chi connectivity index (χ2v) is 6.63. The molecule has 2 aromatic carbocycles. The van der Waals surface area contributed by atoms with Crippen molar-refractivity contribution in [2.24, 2.45) is 0 Å². The molecule has 1 fully saturated rings. The highest BCUT2D eigenvalue weighted by molar-refractivity contribution is 5.82. The number of hydrogen-bond donors (Lipinski definition) is 1. The van der Waals surface area contributed by atoms with E-state index in [1.807, 2.05) is 23.1 Å². The topological polar surface area (TPSA) is 54.0 Å². The van der Waals surface area contributed by atoms with Gasteiger partial charge in [-0.3, -0.25) is 4.79 Å². The number of rotatable bonds is 6. The molecule has 0 atom stereocenters. The van der Waals surface area contributed by atoms with Gasteiger partial charge in [-0.25, -0.2) is 0 Å². The zero-order valence-corrected chi connectivity index (χ0v) is 16.2. The largest absolute Gasteiger partial charge is 0.497 e. The van der Waals surface area contributed by atoms with E-state index < -0.39 is 0 Å². The monoisotopic (exact) mass is 369 g/mol. The van der Waals surface area contributed by atoms with Crippen molar-refractivity contribution in [3.05, 3.63) is 48.0 Å². The zero-order chi connectivity index (χ0) is 19.2. The van der Waals surface area contributed by atoms with Gasteiger partial charge < -0.3 is 24.6 Å². The summed E-state index contributed by atoms with van der Waals surface area (Å²) in [5, 5.41) is 3.18. The van der Waals surface area contributed by atoms with Crippen LogP contribution in [0.1, 0.15) is 5.56 Å². The van der Waals surface area contributed by atoms with Crippen LogP contribution in [0.25, 0.3) is 0 Å². The molecular weight excluding hydrogens is 342 g/mol. The number of aryl methyl sites for hydroxylation is 1. The van der Waals surface area contributed by atoms with Crippen molar-refractivity contribution >= 4 is 17.3 Å². The molecule has 1 N–H and O–H groups in total. The maximum atomic E-state index is 12.6. The third kappa shape index (κ3) is 4.64. The van der Waals surface area contributed by atoms with E-state index in [9.17, 15) is 4.79 Å². The van der Waals surface area contributed by atoms with Gasteiger partial charge in [-0.05, 0) is 36.8 Å². The van der Waals surface area contributed by atoms with E-state index in [1.54, 1.807) is 14.2 Å². The molecule has 0 unspecified atom stereocenters. The van der Waals surface area contributed by atoms with Crippen LogP contribution in [0.3, 0.4) is 0 Å². The van der Waals surface area contributed by atoms with Crippen LogP contribution in [-0.4, -0.2) is 57.8 Å². The smallest absolute Gasteiger partial charge is 0.241 e. The van der Waals surface area contributed by atoms with Gasteiger partial charge in [-0.2, -0.15) is 0 Å². The number of ether oxygens (including phenoxy) is 2. The Morgan fingerprint density at radius 1 is 1.04 bits per heavy atom. The second-order valence-electron chi connectivity index (χ2n) is 6.63. The van der Waals surface area contributed by atoms with Gasteiger partial charge in [0.2, 0.25) is 5.91 Å². The summed E-state index contributed by atoms with van der Waals surface area (Å²) in [6, 6.07) is 14.0. The number of piperazine rings is 1. The Kier molecular flexibility index (Phi) is 6.06. The Labute approximate surface area is 160 Å². The molecule has 0 bridgehead atoms. The summed E-state index contributed by atoms with van der Waals surface area (Å²) in [5.41, 5.74) is 3.23. The fourth-order valence-electron chi connectivity index (χ4n) is 3.27. The Morgan fingerprint density at radius 3 is 2.48 bits per heavy atom. The molecule has 0 spiro atoms. The number of nitrogens with one attached hydrogen (secondary N) is 1. The number of amides is 1. The van der Waals surface area contributed by atoms with Crippen molar-refractivity contribution in [2.45, 2.75) is 6.92 Å². The fraction of sp³-hybridized carbons (Fsp3) is 0.381. The molecule has 6 nitrogen and oxygen atoms in total. The molecule has 0 radical (unpaired) electrons. The van der Waals surface area contributed by atoms with E-state index in [0.29, 0.717) is 5.75 Å². The predicted octanol–water partition coefficient (Wildman–Crippen LogP) is 2.77. The van der Waals surface area contributed by atoms with E-state index in [2.05, 4.69) is 41.4 Å². The van der Waals surface area contributed by atoms with Crippen LogP contribution in [0, 0.1) is 6.92 Å². The van der Waals surface area contributed by atoms with Gasteiger partial charge in [0.15, 0.2) is 0 Å². The van der Waals surface area contributed by atoms with Gasteiger partial charge in [0.05, 0.1) is 26.5 Å². The van der Waals surface area contributed by atoms with Gasteiger partial charge >= 0.3 is 0 Å². The van der Waals surface area contributed by atoms with Crippen LogP contribution in [0.2, 0.25) is 0 Å². The first-order valence-electron chi connectivity index (χ1n) is 9.16. The number of methoxy groups -OCH3 is 2. The molecule has 27 heavy (non-hydrogen) atoms. The first kappa shape index (κ1) is 18.9. The maximum absolute atomic E-state index is 12.6. The summed E-state index contributed by atoms with van der Waals surface area (Å²) in [6.45, 7) is 5.47. The van der Waals surface area contributed by atoms with E-state index >= 15 is 0 Å². The Morgan fingerprint density at radius 2 is 1.81 bits per heavy atom. The molecule has 144 valence electrons. The maximum Gasteiger partial charge on any atom is 0.241 e. The summed E-state index contributed by atoms with van der Waals surface area (Å²) < 4.78 is 10.6. The average Bonchev–Trinajstić information content (AvgIpc) is 2.71. The predicted molar refractivity (Wildman–Crippen MR) is 108 cm³/mol. The van der Waals surface area contributed by atoms with Gasteiger partial charge in [0, 0.05) is 37.9 Å². The Bertz CT molecular complexity index is 786. The molecule has 1 amide bonds. The molecule has 1 heterocycles. The minimum Gasteiger partial charge on any atom is -0.497 e. The summed E-state index contributed by atoms with van der Waals surface area (Å²) >= 11 is 0. The van der Waals surface area contributed by atoms with Crippen molar-refractivity contribution in [1.82, 2.24) is 4.90 Å². The first-order valence-corrected chi connectivity index (χ1v) is 9.16. The highest BCUT2D eigenvalue weighted by Gasteiger charge is 2.21. The molecule has 3 rings (SSSR count). The molecule has 0 aliphatic carbocycles. The lowest BCUT2D eigenvalue weighted by molar-refractivity contribution is -0.129. The lowest BCUT2D eigenvalue weighted by Crippen LogP contribution is -2.50. The summed E-state index contributed by atoms with van der Waals surface area (Å²) in [7, 11) is 3.23. The van der Waals surface area contributed by atoms with Gasteiger partial charge in [-0.15, -0.1) is 0 Å². The molecule has 0 saturated carbocycles. The van der Waals surface area contributed by atoms with Crippen molar-refractivity contribution in [3.63, 3.8) is 0 Å². The molecule has 1 aliphatic rings. The number of benzene rings is 2. The van der Waals surface area contributed by atoms with Crippen molar-refractivity contribution in [2.75, 3.05) is 57.2 Å². The second kappa shape index (κ2) is 8.66. The van der Waals surface area contributed by atoms with Crippen molar-refractivity contribution in [1.29, 1.82) is 0 Å². The Hall–Kier alpha value is -2.89. The number of hydrogen-bond acceptors (Lipinski definition) is 5. The number of anilines is 2. The van der Waals surface area contributed by atoms with Gasteiger partial charge in [0.1, 0.15) is 11.5 Å². The van der Waals surface area contributed by atoms with Crippen LogP contribution in [0.4, 0.5) is 11.4 Å². The summed E-state index contributed by atoms with van der Waals surface area (Å²) in [4.78, 5) is 16.8. The quantitative estimate of drug-likeness (QED) is 0.849. The van der Waals surface area contributed by atoms with E-state index in [4.69, 9.17) is 9.47 Å². The van der Waals surface area contributed by atoms with Gasteiger partial charge in [0.25, 0.3) is 0 Å². The van der Waals surface area contributed by atoms with E-state index in [1.165, 1.54) is 11.3 Å². The molecule has 1 saturated heterocycles. The summed E-state index contributed by atoms with van der Waals surface area (Å²) in [6.07, 6.45) is 0. The number of carbonyl (C=O) groups is 1. The third-order valence-electron chi connectivity index (χ3n) is 4.84. The normalized spacial score (nSPS) is 14.0.